The van der Waals surface area contributed by atoms with Crippen molar-refractivity contribution in [3.05, 3.63) is 40.3 Å². The van der Waals surface area contributed by atoms with E-state index in [1.54, 1.807) is 29.8 Å². The third-order valence-electron chi connectivity index (χ3n) is 1.78. The van der Waals surface area contributed by atoms with E-state index in [-0.39, 0.29) is 4.90 Å². The number of nitrogens with one attached hydrogen (secondary N) is 1. The maximum Gasteiger partial charge on any atom is 0.264 e. The standard InChI is InChI=1S/C9H7BrN2O2S2/c10-7-3-1-2-4-8(7)16(13,14)12-9-11-5-6-15-9/h1-6H,(H,11,12). The molecule has 1 aromatic carbocycles. The number of rotatable bonds is 3. The van der Waals surface area contributed by atoms with Gasteiger partial charge in [-0.3, -0.25) is 4.72 Å². The van der Waals surface area contributed by atoms with Crippen LogP contribution in [0.1, 0.15) is 0 Å². The van der Waals surface area contributed by atoms with E-state index in [0.717, 1.165) is 0 Å². The van der Waals surface area contributed by atoms with Crippen LogP contribution < -0.4 is 4.72 Å². The first-order valence-corrected chi connectivity index (χ1v) is 7.42. The van der Waals surface area contributed by atoms with E-state index in [9.17, 15) is 8.42 Å². The molecule has 4 nitrogen and oxygen atoms in total. The monoisotopic (exact) mass is 318 g/mol. The third kappa shape index (κ3) is 2.42. The van der Waals surface area contributed by atoms with E-state index in [2.05, 4.69) is 25.6 Å². The van der Waals surface area contributed by atoms with Gasteiger partial charge >= 0.3 is 0 Å². The first-order chi connectivity index (χ1) is 7.59. The minimum atomic E-state index is -3.56. The normalized spacial score (nSPS) is 11.3. The lowest BCUT2D eigenvalue weighted by molar-refractivity contribution is 0.600. The second-order valence-electron chi connectivity index (χ2n) is 2.87. The Kier molecular flexibility index (Phi) is 3.27. The van der Waals surface area contributed by atoms with Crippen LogP contribution in [0.25, 0.3) is 0 Å². The summed E-state index contributed by atoms with van der Waals surface area (Å²) in [5.41, 5.74) is 0. The molecule has 0 saturated carbocycles. The molecule has 1 N–H and O–H groups in total. The topological polar surface area (TPSA) is 59.1 Å². The Labute approximate surface area is 106 Å². The number of thiazole rings is 1. The molecule has 1 heterocycles. The Morgan fingerprint density at radius 2 is 2.06 bits per heavy atom. The van der Waals surface area contributed by atoms with Gasteiger partial charge in [0, 0.05) is 16.0 Å². The van der Waals surface area contributed by atoms with Crippen LogP contribution in [-0.4, -0.2) is 13.4 Å². The Morgan fingerprint density at radius 1 is 1.31 bits per heavy atom. The van der Waals surface area contributed by atoms with Crippen LogP contribution in [0.2, 0.25) is 0 Å². The van der Waals surface area contributed by atoms with Gasteiger partial charge in [0.15, 0.2) is 5.13 Å². The molecule has 0 aliphatic heterocycles. The van der Waals surface area contributed by atoms with E-state index in [0.29, 0.717) is 9.60 Å². The number of aromatic nitrogens is 1. The fourth-order valence-corrected chi connectivity index (χ4v) is 3.90. The second kappa shape index (κ2) is 4.52. The first-order valence-electron chi connectivity index (χ1n) is 4.26. The van der Waals surface area contributed by atoms with Crippen molar-refractivity contribution in [2.75, 3.05) is 4.72 Å². The van der Waals surface area contributed by atoms with Gasteiger partial charge in [0.2, 0.25) is 0 Å². The van der Waals surface area contributed by atoms with Crippen LogP contribution in [0.15, 0.2) is 45.2 Å². The minimum Gasteiger partial charge on any atom is -0.255 e. The summed E-state index contributed by atoms with van der Waals surface area (Å²) in [6.45, 7) is 0. The van der Waals surface area contributed by atoms with Gasteiger partial charge in [0.25, 0.3) is 10.0 Å². The lowest BCUT2D eigenvalue weighted by atomic mass is 10.4. The summed E-state index contributed by atoms with van der Waals surface area (Å²) in [5.74, 6) is 0. The number of anilines is 1. The van der Waals surface area contributed by atoms with Crippen molar-refractivity contribution in [3.8, 4) is 0 Å². The summed E-state index contributed by atoms with van der Waals surface area (Å²) >= 11 is 4.43. The molecular formula is C9H7BrN2O2S2. The molecule has 0 saturated heterocycles. The fourth-order valence-electron chi connectivity index (χ4n) is 1.11. The molecule has 0 spiro atoms. The Morgan fingerprint density at radius 3 is 2.69 bits per heavy atom. The third-order valence-corrected chi connectivity index (χ3v) is 4.95. The van der Waals surface area contributed by atoms with Crippen molar-refractivity contribution < 1.29 is 8.42 Å². The maximum atomic E-state index is 11.9. The van der Waals surface area contributed by atoms with Crippen LogP contribution in [0.5, 0.6) is 0 Å². The summed E-state index contributed by atoms with van der Waals surface area (Å²) in [4.78, 5) is 4.07. The molecule has 0 fully saturated rings. The highest BCUT2D eigenvalue weighted by Crippen LogP contribution is 2.24. The SMILES string of the molecule is O=S(=O)(Nc1nccs1)c1ccccc1Br. The number of hydrogen-bond donors (Lipinski definition) is 1. The maximum absolute atomic E-state index is 11.9. The van der Waals surface area contributed by atoms with Gasteiger partial charge in [-0.2, -0.15) is 0 Å². The largest absolute Gasteiger partial charge is 0.264 e. The molecule has 16 heavy (non-hydrogen) atoms. The summed E-state index contributed by atoms with van der Waals surface area (Å²) in [6.07, 6.45) is 1.54. The highest BCUT2D eigenvalue weighted by molar-refractivity contribution is 9.10. The van der Waals surface area contributed by atoms with Crippen molar-refractivity contribution in [2.24, 2.45) is 0 Å². The van der Waals surface area contributed by atoms with E-state index in [1.807, 2.05) is 0 Å². The molecule has 0 bridgehead atoms. The summed E-state index contributed by atoms with van der Waals surface area (Å²) in [5, 5.41) is 2.06. The predicted octanol–water partition coefficient (Wildman–Crippen LogP) is 2.71. The first kappa shape index (κ1) is 11.6. The van der Waals surface area contributed by atoms with E-state index in [1.165, 1.54) is 17.4 Å². The molecule has 1 aromatic heterocycles. The van der Waals surface area contributed by atoms with E-state index < -0.39 is 10.0 Å². The molecule has 0 amide bonds. The zero-order valence-electron chi connectivity index (χ0n) is 7.92. The number of halogens is 1. The Balaban J connectivity index is 2.37. The number of nitrogens with zero attached hydrogens (tertiary/aromatic N) is 1. The molecule has 2 rings (SSSR count). The van der Waals surface area contributed by atoms with Crippen LogP contribution in [0.4, 0.5) is 5.13 Å². The summed E-state index contributed by atoms with van der Waals surface area (Å²) < 4.78 is 26.8. The zero-order valence-corrected chi connectivity index (χ0v) is 11.1. The smallest absolute Gasteiger partial charge is 0.255 e. The van der Waals surface area contributed by atoms with Crippen molar-refractivity contribution in [1.82, 2.24) is 4.98 Å². The van der Waals surface area contributed by atoms with Gasteiger partial charge in [-0.05, 0) is 28.1 Å². The van der Waals surface area contributed by atoms with Gasteiger partial charge in [-0.15, -0.1) is 11.3 Å². The molecular weight excluding hydrogens is 312 g/mol. The molecule has 0 radical (unpaired) electrons. The molecule has 0 aliphatic carbocycles. The molecule has 0 atom stereocenters. The average molecular weight is 319 g/mol. The Hall–Kier alpha value is -0.920. The van der Waals surface area contributed by atoms with Crippen LogP contribution in [-0.2, 0) is 10.0 Å². The van der Waals surface area contributed by atoms with Gasteiger partial charge in [-0.1, -0.05) is 12.1 Å². The number of sulfonamides is 1. The Bertz CT molecular complexity index is 581. The van der Waals surface area contributed by atoms with E-state index in [4.69, 9.17) is 0 Å². The fraction of sp³-hybridized carbons (Fsp3) is 0. The molecule has 0 unspecified atom stereocenters. The van der Waals surface area contributed by atoms with Crippen LogP contribution in [0, 0.1) is 0 Å². The van der Waals surface area contributed by atoms with Crippen molar-refractivity contribution in [3.63, 3.8) is 0 Å². The summed E-state index contributed by atoms with van der Waals surface area (Å²) in [6, 6.07) is 6.63. The predicted molar refractivity (Wildman–Crippen MR) is 67.1 cm³/mol. The molecule has 7 heteroatoms. The van der Waals surface area contributed by atoms with Gasteiger partial charge < -0.3 is 0 Å². The van der Waals surface area contributed by atoms with E-state index >= 15 is 0 Å². The molecule has 0 aliphatic rings. The van der Waals surface area contributed by atoms with Gasteiger partial charge in [0.1, 0.15) is 4.90 Å². The average Bonchev–Trinajstić information content (AvgIpc) is 2.70. The second-order valence-corrected chi connectivity index (χ2v) is 6.27. The quantitative estimate of drug-likeness (QED) is 0.946. The van der Waals surface area contributed by atoms with Crippen LogP contribution >= 0.6 is 27.3 Å². The van der Waals surface area contributed by atoms with Crippen molar-refractivity contribution >= 4 is 42.4 Å². The highest BCUT2D eigenvalue weighted by atomic mass is 79.9. The highest BCUT2D eigenvalue weighted by Gasteiger charge is 2.17. The van der Waals surface area contributed by atoms with Crippen molar-refractivity contribution in [2.45, 2.75) is 4.90 Å². The lowest BCUT2D eigenvalue weighted by Crippen LogP contribution is -2.13. The van der Waals surface area contributed by atoms with Gasteiger partial charge in [-0.25, -0.2) is 13.4 Å². The van der Waals surface area contributed by atoms with Crippen LogP contribution in [0.3, 0.4) is 0 Å². The number of hydrogen-bond acceptors (Lipinski definition) is 4. The molecule has 2 aromatic rings. The van der Waals surface area contributed by atoms with Gasteiger partial charge in [0.05, 0.1) is 0 Å². The van der Waals surface area contributed by atoms with Crippen molar-refractivity contribution in [1.29, 1.82) is 0 Å². The lowest BCUT2D eigenvalue weighted by Gasteiger charge is -2.06. The minimum absolute atomic E-state index is 0.199. The molecule has 84 valence electrons. The zero-order chi connectivity index (χ0) is 11.6. The number of benzene rings is 1. The summed E-state index contributed by atoms with van der Waals surface area (Å²) in [7, 11) is -3.56.